The third kappa shape index (κ3) is 5.22. The molecule has 28 heavy (non-hydrogen) atoms. The molecule has 148 valence electrons. The molecule has 1 aliphatic heterocycles. The van der Waals surface area contributed by atoms with Crippen molar-refractivity contribution in [2.75, 3.05) is 24.5 Å². The topological polar surface area (TPSA) is 40.6 Å². The lowest BCUT2D eigenvalue weighted by Crippen LogP contribution is -2.45. The molecule has 4 nitrogen and oxygen atoms in total. The standard InChI is InChI=1S/C24H30N2O2/c1-3-20-9-11-23(12-10-20)26(19(2)27)18-24(28)25-15-13-22(14-16-25)17-21-7-5-4-6-8-21/h4-12,22H,3,13-18H2,1-2H3. The number of hydrogen-bond acceptors (Lipinski definition) is 2. The van der Waals surface area contributed by atoms with E-state index < -0.39 is 0 Å². The van der Waals surface area contributed by atoms with Crippen LogP contribution in [0, 0.1) is 5.92 Å². The molecule has 0 spiro atoms. The van der Waals surface area contributed by atoms with Crippen molar-refractivity contribution in [3.05, 3.63) is 65.7 Å². The van der Waals surface area contributed by atoms with Crippen LogP contribution in [0.1, 0.15) is 37.8 Å². The number of aryl methyl sites for hydroxylation is 1. The molecule has 0 aromatic heterocycles. The maximum atomic E-state index is 12.8. The van der Waals surface area contributed by atoms with E-state index in [1.807, 2.05) is 35.2 Å². The summed E-state index contributed by atoms with van der Waals surface area (Å²) in [5, 5.41) is 0. The number of amides is 2. The lowest BCUT2D eigenvalue weighted by Gasteiger charge is -2.33. The van der Waals surface area contributed by atoms with Crippen LogP contribution in [0.3, 0.4) is 0 Å². The first-order chi connectivity index (χ1) is 13.6. The molecular formula is C24H30N2O2. The molecular weight excluding hydrogens is 348 g/mol. The Bertz CT molecular complexity index is 778. The van der Waals surface area contributed by atoms with Gasteiger partial charge in [-0.25, -0.2) is 0 Å². The monoisotopic (exact) mass is 378 g/mol. The summed E-state index contributed by atoms with van der Waals surface area (Å²) in [5.41, 5.74) is 3.38. The Kier molecular flexibility index (Phi) is 6.85. The van der Waals surface area contributed by atoms with Gasteiger partial charge in [-0.15, -0.1) is 0 Å². The first kappa shape index (κ1) is 20.1. The second kappa shape index (κ2) is 9.54. The summed E-state index contributed by atoms with van der Waals surface area (Å²) in [7, 11) is 0. The van der Waals surface area contributed by atoms with Crippen LogP contribution < -0.4 is 4.90 Å². The molecule has 2 aromatic rings. The van der Waals surface area contributed by atoms with Gasteiger partial charge >= 0.3 is 0 Å². The van der Waals surface area contributed by atoms with Crippen molar-refractivity contribution in [3.8, 4) is 0 Å². The minimum Gasteiger partial charge on any atom is -0.341 e. The van der Waals surface area contributed by atoms with E-state index in [0.717, 1.165) is 44.5 Å². The number of carbonyl (C=O) groups is 2. The highest BCUT2D eigenvalue weighted by molar-refractivity contribution is 5.97. The summed E-state index contributed by atoms with van der Waals surface area (Å²) < 4.78 is 0. The summed E-state index contributed by atoms with van der Waals surface area (Å²) >= 11 is 0. The van der Waals surface area contributed by atoms with Crippen molar-refractivity contribution >= 4 is 17.5 Å². The van der Waals surface area contributed by atoms with Gasteiger partial charge < -0.3 is 9.80 Å². The Labute approximate surface area is 168 Å². The summed E-state index contributed by atoms with van der Waals surface area (Å²) in [5.74, 6) is 0.557. The van der Waals surface area contributed by atoms with Crippen LogP contribution >= 0.6 is 0 Å². The highest BCUT2D eigenvalue weighted by Crippen LogP contribution is 2.22. The zero-order chi connectivity index (χ0) is 19.9. The molecule has 0 unspecified atom stereocenters. The maximum Gasteiger partial charge on any atom is 0.242 e. The fraction of sp³-hybridized carbons (Fsp3) is 0.417. The van der Waals surface area contributed by atoms with E-state index in [1.165, 1.54) is 18.1 Å². The van der Waals surface area contributed by atoms with E-state index in [4.69, 9.17) is 0 Å². The number of rotatable bonds is 6. The van der Waals surface area contributed by atoms with Crippen LogP contribution in [0.2, 0.25) is 0 Å². The quantitative estimate of drug-likeness (QED) is 0.760. The molecule has 4 heteroatoms. The van der Waals surface area contributed by atoms with Gasteiger partial charge in [0.25, 0.3) is 0 Å². The minimum atomic E-state index is -0.100. The summed E-state index contributed by atoms with van der Waals surface area (Å²) in [6.45, 7) is 5.29. The number of carbonyl (C=O) groups excluding carboxylic acids is 2. The van der Waals surface area contributed by atoms with E-state index in [-0.39, 0.29) is 18.4 Å². The molecule has 3 rings (SSSR count). The van der Waals surface area contributed by atoms with Crippen LogP contribution in [-0.4, -0.2) is 36.3 Å². The number of hydrogen-bond donors (Lipinski definition) is 0. The van der Waals surface area contributed by atoms with Crippen molar-refractivity contribution in [1.29, 1.82) is 0 Å². The summed E-state index contributed by atoms with van der Waals surface area (Å²) in [4.78, 5) is 28.4. The predicted octanol–water partition coefficient (Wildman–Crippen LogP) is 4.08. The molecule has 1 fully saturated rings. The Balaban J connectivity index is 1.55. The number of benzene rings is 2. The fourth-order valence-electron chi connectivity index (χ4n) is 3.87. The van der Waals surface area contributed by atoms with Gasteiger partial charge in [-0.3, -0.25) is 9.59 Å². The van der Waals surface area contributed by atoms with Gasteiger partial charge in [0.05, 0.1) is 0 Å². The molecule has 0 atom stereocenters. The lowest BCUT2D eigenvalue weighted by molar-refractivity contribution is -0.132. The van der Waals surface area contributed by atoms with Crippen molar-refractivity contribution in [3.63, 3.8) is 0 Å². The van der Waals surface area contributed by atoms with Gasteiger partial charge in [0.15, 0.2) is 0 Å². The van der Waals surface area contributed by atoms with Gasteiger partial charge in [-0.1, -0.05) is 49.4 Å². The van der Waals surface area contributed by atoms with Crippen molar-refractivity contribution in [2.45, 2.75) is 39.5 Å². The zero-order valence-corrected chi connectivity index (χ0v) is 16.9. The van der Waals surface area contributed by atoms with Crippen molar-refractivity contribution < 1.29 is 9.59 Å². The molecule has 0 N–H and O–H groups in total. The largest absolute Gasteiger partial charge is 0.341 e. The highest BCUT2D eigenvalue weighted by Gasteiger charge is 2.25. The smallest absolute Gasteiger partial charge is 0.242 e. The molecule has 0 radical (unpaired) electrons. The number of likely N-dealkylation sites (tertiary alicyclic amines) is 1. The minimum absolute atomic E-state index is 0.0351. The number of piperidine rings is 1. The SMILES string of the molecule is CCc1ccc(N(CC(=O)N2CCC(Cc3ccccc3)CC2)C(C)=O)cc1. The Hall–Kier alpha value is -2.62. The molecule has 1 heterocycles. The Morgan fingerprint density at radius 3 is 2.18 bits per heavy atom. The predicted molar refractivity (Wildman–Crippen MR) is 113 cm³/mol. The molecule has 2 aromatic carbocycles. The first-order valence-electron chi connectivity index (χ1n) is 10.3. The van der Waals surface area contributed by atoms with E-state index in [0.29, 0.717) is 5.92 Å². The molecule has 0 saturated carbocycles. The molecule has 1 saturated heterocycles. The number of nitrogens with zero attached hydrogens (tertiary/aromatic N) is 2. The Morgan fingerprint density at radius 1 is 0.964 bits per heavy atom. The second-order valence-electron chi connectivity index (χ2n) is 7.64. The van der Waals surface area contributed by atoms with E-state index >= 15 is 0 Å². The van der Waals surface area contributed by atoms with Crippen LogP contribution in [0.4, 0.5) is 5.69 Å². The fourth-order valence-corrected chi connectivity index (χ4v) is 3.87. The van der Waals surface area contributed by atoms with Gasteiger partial charge in [0.1, 0.15) is 6.54 Å². The normalized spacial score (nSPS) is 14.7. The number of anilines is 1. The van der Waals surface area contributed by atoms with Crippen LogP contribution in [-0.2, 0) is 22.4 Å². The van der Waals surface area contributed by atoms with Crippen LogP contribution in [0.5, 0.6) is 0 Å². The summed E-state index contributed by atoms with van der Waals surface area (Å²) in [6, 6.07) is 18.4. The highest BCUT2D eigenvalue weighted by atomic mass is 16.2. The van der Waals surface area contributed by atoms with E-state index in [2.05, 4.69) is 31.2 Å². The molecule has 0 bridgehead atoms. The average Bonchev–Trinajstić information content (AvgIpc) is 2.73. The van der Waals surface area contributed by atoms with Gasteiger partial charge in [-0.05, 0) is 54.9 Å². The Morgan fingerprint density at radius 2 is 1.61 bits per heavy atom. The molecule has 0 aliphatic carbocycles. The lowest BCUT2D eigenvalue weighted by atomic mass is 9.90. The van der Waals surface area contributed by atoms with Gasteiger partial charge in [0.2, 0.25) is 11.8 Å². The molecule has 1 aliphatic rings. The van der Waals surface area contributed by atoms with Gasteiger partial charge in [0, 0.05) is 25.7 Å². The first-order valence-corrected chi connectivity index (χ1v) is 10.3. The third-order valence-corrected chi connectivity index (χ3v) is 5.66. The zero-order valence-electron chi connectivity index (χ0n) is 16.9. The van der Waals surface area contributed by atoms with Crippen LogP contribution in [0.25, 0.3) is 0 Å². The van der Waals surface area contributed by atoms with Crippen molar-refractivity contribution in [2.24, 2.45) is 5.92 Å². The third-order valence-electron chi connectivity index (χ3n) is 5.66. The second-order valence-corrected chi connectivity index (χ2v) is 7.64. The van der Waals surface area contributed by atoms with E-state index in [9.17, 15) is 9.59 Å². The molecule has 2 amide bonds. The van der Waals surface area contributed by atoms with Crippen molar-refractivity contribution in [1.82, 2.24) is 4.90 Å². The average molecular weight is 379 g/mol. The van der Waals surface area contributed by atoms with Crippen LogP contribution in [0.15, 0.2) is 54.6 Å². The summed E-state index contributed by atoms with van der Waals surface area (Å²) in [6.07, 6.45) is 4.07. The van der Waals surface area contributed by atoms with E-state index in [1.54, 1.807) is 4.90 Å². The maximum absolute atomic E-state index is 12.8. The van der Waals surface area contributed by atoms with Gasteiger partial charge in [-0.2, -0.15) is 0 Å².